The van der Waals surface area contributed by atoms with Crippen LogP contribution in [0.5, 0.6) is 0 Å². The van der Waals surface area contributed by atoms with Crippen LogP contribution in [0.2, 0.25) is 18.1 Å². The third kappa shape index (κ3) is 4.13. The van der Waals surface area contributed by atoms with Crippen LogP contribution in [0.3, 0.4) is 0 Å². The van der Waals surface area contributed by atoms with Crippen molar-refractivity contribution in [2.75, 3.05) is 0 Å². The molecule has 21 heavy (non-hydrogen) atoms. The van der Waals surface area contributed by atoms with E-state index in [9.17, 15) is 13.5 Å². The van der Waals surface area contributed by atoms with Gasteiger partial charge in [0.05, 0.1) is 5.69 Å². The second-order valence-electron chi connectivity index (χ2n) is 7.42. The van der Waals surface area contributed by atoms with E-state index >= 15 is 0 Å². The first-order valence-corrected chi connectivity index (χ1v) is 12.1. The van der Waals surface area contributed by atoms with Crippen LogP contribution in [-0.2, 0) is 15.6 Å². The van der Waals surface area contributed by atoms with Crippen molar-refractivity contribution in [1.29, 1.82) is 0 Å². The molecule has 0 saturated heterocycles. The molecule has 2 N–H and O–H groups in total. The fraction of sp³-hybridized carbons (Fsp3) is 0.769. The molecule has 0 amide bonds. The first-order chi connectivity index (χ1) is 9.08. The van der Waals surface area contributed by atoms with Gasteiger partial charge in [-0.2, -0.15) is 0 Å². The Morgan fingerprint density at radius 1 is 1.19 bits per heavy atom. The van der Waals surface area contributed by atoms with Gasteiger partial charge in [-0.1, -0.05) is 33.9 Å². The predicted octanol–water partition coefficient (Wildman–Crippen LogP) is 2.96. The number of aryl methyl sites for hydroxylation is 1. The Hall–Kier alpha value is -0.283. The largest absolute Gasteiger partial charge is 0.384 e. The van der Waals surface area contributed by atoms with Crippen molar-refractivity contribution < 1.29 is 13.5 Å². The minimum Gasteiger partial charge on any atom is -0.384 e. The summed E-state index contributed by atoms with van der Waals surface area (Å²) in [6.45, 7) is 15.1. The first kappa shape index (κ1) is 18.8. The van der Waals surface area contributed by atoms with Gasteiger partial charge in [0.15, 0.2) is 0 Å². The van der Waals surface area contributed by atoms with E-state index in [1.165, 1.54) is 0 Å². The zero-order chi connectivity index (χ0) is 16.9. The summed E-state index contributed by atoms with van der Waals surface area (Å²) in [4.78, 5) is 4.88. The lowest BCUT2D eigenvalue weighted by atomic mass is 10.1. The summed E-state index contributed by atoms with van der Waals surface area (Å²) >= 11 is 1.10. The van der Waals surface area contributed by atoms with E-state index in [0.29, 0.717) is 5.69 Å². The van der Waals surface area contributed by atoms with Crippen molar-refractivity contribution in [3.05, 3.63) is 10.6 Å². The molecular weight excluding hydrogens is 324 g/mol. The highest BCUT2D eigenvalue weighted by atomic mass is 32.2. The predicted molar refractivity (Wildman–Crippen MR) is 89.6 cm³/mol. The highest BCUT2D eigenvalue weighted by molar-refractivity contribution is 7.92. The van der Waals surface area contributed by atoms with Gasteiger partial charge in [0.25, 0.3) is 10.0 Å². The van der Waals surface area contributed by atoms with E-state index in [1.54, 1.807) is 20.8 Å². The molecule has 0 spiro atoms. The lowest BCUT2D eigenvalue weighted by Crippen LogP contribution is -2.54. The number of aromatic nitrogens is 1. The quantitative estimate of drug-likeness (QED) is 0.818. The zero-order valence-electron chi connectivity index (χ0n) is 14.0. The maximum absolute atomic E-state index is 12.6. The van der Waals surface area contributed by atoms with Crippen LogP contribution >= 0.6 is 11.3 Å². The Labute approximate surface area is 133 Å². The van der Waals surface area contributed by atoms with E-state index in [0.717, 1.165) is 16.2 Å². The van der Waals surface area contributed by atoms with Crippen LogP contribution in [0.4, 0.5) is 0 Å². The minimum atomic E-state index is -3.66. The maximum atomic E-state index is 12.6. The van der Waals surface area contributed by atoms with Crippen LogP contribution in [0.1, 0.15) is 45.2 Å². The Morgan fingerprint density at radius 2 is 1.67 bits per heavy atom. The summed E-state index contributed by atoms with van der Waals surface area (Å²) < 4.78 is 28.0. The van der Waals surface area contributed by atoms with Crippen molar-refractivity contribution in [2.45, 2.75) is 69.6 Å². The molecule has 0 unspecified atom stereocenters. The molecule has 0 aliphatic heterocycles. The van der Waals surface area contributed by atoms with Gasteiger partial charge in [-0.3, -0.25) is 0 Å². The Balaban J connectivity index is 3.23. The van der Waals surface area contributed by atoms with E-state index in [4.69, 9.17) is 0 Å². The van der Waals surface area contributed by atoms with Gasteiger partial charge in [-0.15, -0.1) is 11.3 Å². The summed E-state index contributed by atoms with van der Waals surface area (Å²) in [5.74, 6) is 0. The van der Waals surface area contributed by atoms with Gasteiger partial charge in [-0.05, 0) is 25.8 Å². The number of rotatable bonds is 4. The van der Waals surface area contributed by atoms with Gasteiger partial charge in [0.1, 0.15) is 13.8 Å². The summed E-state index contributed by atoms with van der Waals surface area (Å²) in [7, 11) is -5.87. The van der Waals surface area contributed by atoms with E-state index in [-0.39, 0.29) is 9.38 Å². The summed E-state index contributed by atoms with van der Waals surface area (Å²) in [5, 5.41) is 9.94. The average Bonchev–Trinajstić information content (AvgIpc) is 2.56. The lowest BCUT2D eigenvalue weighted by molar-refractivity contribution is 0.0734. The molecule has 8 heteroatoms. The average molecular weight is 351 g/mol. The van der Waals surface area contributed by atoms with Crippen LogP contribution in [0, 0.1) is 6.92 Å². The van der Waals surface area contributed by atoms with Crippen LogP contribution < -0.4 is 4.39 Å². The van der Waals surface area contributed by atoms with Gasteiger partial charge in [0.2, 0.25) is 4.34 Å². The summed E-state index contributed by atoms with van der Waals surface area (Å²) in [6.07, 6.45) is 0. The molecule has 1 rings (SSSR count). The number of hydrogen-bond donors (Lipinski definition) is 2. The van der Waals surface area contributed by atoms with Crippen LogP contribution in [-0.4, -0.2) is 26.7 Å². The smallest absolute Gasteiger partial charge is 0.261 e. The fourth-order valence-corrected chi connectivity index (χ4v) is 8.04. The second kappa shape index (κ2) is 5.41. The molecule has 0 radical (unpaired) electrons. The van der Waals surface area contributed by atoms with Gasteiger partial charge in [-0.25, -0.2) is 17.8 Å². The molecular formula is C13H26N2O3S2Si. The van der Waals surface area contributed by atoms with Crippen molar-refractivity contribution in [2.24, 2.45) is 0 Å². The lowest BCUT2D eigenvalue weighted by Gasteiger charge is -2.36. The highest BCUT2D eigenvalue weighted by Crippen LogP contribution is 2.36. The normalized spacial score (nSPS) is 14.5. The van der Waals surface area contributed by atoms with Crippen molar-refractivity contribution >= 4 is 29.6 Å². The number of nitrogens with one attached hydrogen (secondary N) is 1. The SMILES string of the molecule is Cc1sc(S(=O)(=O)N[Si](C)(C)C(C)(C)C)nc1C(C)(C)O. The molecule has 0 atom stereocenters. The minimum absolute atomic E-state index is 0.0296. The maximum Gasteiger partial charge on any atom is 0.261 e. The second-order valence-corrected chi connectivity index (χ2v) is 15.8. The number of aliphatic hydroxyl groups is 1. The molecule has 0 aliphatic carbocycles. The van der Waals surface area contributed by atoms with E-state index in [1.807, 2.05) is 33.9 Å². The molecule has 0 fully saturated rings. The van der Waals surface area contributed by atoms with Gasteiger partial charge in [0, 0.05) is 4.88 Å². The fourth-order valence-electron chi connectivity index (χ4n) is 1.59. The van der Waals surface area contributed by atoms with Crippen molar-refractivity contribution in [1.82, 2.24) is 9.37 Å². The Bertz CT molecular complexity index is 623. The van der Waals surface area contributed by atoms with Crippen molar-refractivity contribution in [3.8, 4) is 0 Å². The van der Waals surface area contributed by atoms with Gasteiger partial charge < -0.3 is 5.11 Å². The third-order valence-electron chi connectivity index (χ3n) is 3.85. The summed E-state index contributed by atoms with van der Waals surface area (Å²) in [6, 6.07) is 0. The Morgan fingerprint density at radius 3 is 2.00 bits per heavy atom. The molecule has 1 aromatic rings. The Kier molecular flexibility index (Phi) is 4.84. The third-order valence-corrected chi connectivity index (χ3v) is 12.9. The molecule has 0 aromatic carbocycles. The molecule has 122 valence electrons. The number of nitrogens with zero attached hydrogens (tertiary/aromatic N) is 1. The molecule has 0 aliphatic rings. The van der Waals surface area contributed by atoms with Gasteiger partial charge >= 0.3 is 0 Å². The van der Waals surface area contributed by atoms with Crippen molar-refractivity contribution in [3.63, 3.8) is 0 Å². The molecule has 1 heterocycles. The standard InChI is InChI=1S/C13H26N2O3S2Si/c1-9-10(13(5,6)16)14-11(19-9)20(17,18)15-21(7,8)12(2,3)4/h15-16H,1-8H3. The van der Waals surface area contributed by atoms with E-state index in [2.05, 4.69) is 9.37 Å². The van der Waals surface area contributed by atoms with E-state index < -0.39 is 23.9 Å². The van der Waals surface area contributed by atoms with Crippen LogP contribution in [0.15, 0.2) is 4.34 Å². The number of sulfonamides is 1. The topological polar surface area (TPSA) is 79.3 Å². The molecule has 1 aromatic heterocycles. The number of thiazole rings is 1. The first-order valence-electron chi connectivity index (χ1n) is 6.82. The summed E-state index contributed by atoms with van der Waals surface area (Å²) in [5.41, 5.74) is -0.728. The number of hydrogen-bond acceptors (Lipinski definition) is 5. The molecule has 0 saturated carbocycles. The highest BCUT2D eigenvalue weighted by Gasteiger charge is 2.40. The van der Waals surface area contributed by atoms with Crippen LogP contribution in [0.25, 0.3) is 0 Å². The monoisotopic (exact) mass is 350 g/mol. The molecule has 5 nitrogen and oxygen atoms in total. The zero-order valence-corrected chi connectivity index (χ0v) is 16.7. The molecule has 0 bridgehead atoms.